The Balaban J connectivity index is 2.77. The second-order valence-electron chi connectivity index (χ2n) is 5.51. The van der Waals surface area contributed by atoms with Crippen LogP contribution < -0.4 is 5.73 Å². The Morgan fingerprint density at radius 1 is 1.39 bits per heavy atom. The summed E-state index contributed by atoms with van der Waals surface area (Å²) >= 11 is 0. The summed E-state index contributed by atoms with van der Waals surface area (Å²) in [5.41, 5.74) is 5.01. The van der Waals surface area contributed by atoms with Crippen LogP contribution in [0.25, 0.3) is 0 Å². The third kappa shape index (κ3) is 3.60. The maximum atomic E-state index is 12.0. The van der Waals surface area contributed by atoms with Crippen LogP contribution in [0.4, 0.5) is 4.79 Å². The van der Waals surface area contributed by atoms with E-state index in [9.17, 15) is 9.59 Å². The summed E-state index contributed by atoms with van der Waals surface area (Å²) in [7, 11) is 1.31. The Bertz CT molecular complexity index is 325. The number of carbonyl (C=O) groups is 2. The molecule has 0 aliphatic carbocycles. The van der Waals surface area contributed by atoms with Gasteiger partial charge in [0.2, 0.25) is 0 Å². The SMILES string of the molecule is COC(=O)[C@@H]1C[C@@H](CN)CN1C(=O)OC(C)(C)C. The lowest BCUT2D eigenvalue weighted by Crippen LogP contribution is -2.43. The standard InChI is InChI=1S/C12H22N2O4/c1-12(2,3)18-11(16)14-7-8(6-13)5-9(14)10(15)17-4/h8-9H,5-7,13H2,1-4H3/t8-,9-/m0/s1. The molecule has 2 atom stereocenters. The molecule has 0 spiro atoms. The van der Waals surface area contributed by atoms with Gasteiger partial charge in [-0.2, -0.15) is 0 Å². The predicted octanol–water partition coefficient (Wildman–Crippen LogP) is 0.744. The number of hydrogen-bond acceptors (Lipinski definition) is 5. The highest BCUT2D eigenvalue weighted by molar-refractivity contribution is 5.82. The summed E-state index contributed by atoms with van der Waals surface area (Å²) in [5.74, 6) is -0.307. The second-order valence-corrected chi connectivity index (χ2v) is 5.51. The van der Waals surface area contributed by atoms with E-state index in [1.807, 2.05) is 0 Å². The van der Waals surface area contributed by atoms with E-state index in [1.54, 1.807) is 20.8 Å². The number of likely N-dealkylation sites (tertiary alicyclic amines) is 1. The first kappa shape index (κ1) is 14.8. The van der Waals surface area contributed by atoms with Crippen LogP contribution in [-0.4, -0.2) is 48.8 Å². The minimum atomic E-state index is -0.585. The molecule has 6 heteroatoms. The lowest BCUT2D eigenvalue weighted by molar-refractivity contribution is -0.145. The summed E-state index contributed by atoms with van der Waals surface area (Å²) in [6, 6.07) is -0.585. The van der Waals surface area contributed by atoms with Gasteiger partial charge in [0.15, 0.2) is 0 Å². The Morgan fingerprint density at radius 3 is 2.44 bits per heavy atom. The molecular formula is C12H22N2O4. The molecule has 0 unspecified atom stereocenters. The highest BCUT2D eigenvalue weighted by Gasteiger charge is 2.41. The van der Waals surface area contributed by atoms with Gasteiger partial charge in [0.1, 0.15) is 11.6 Å². The van der Waals surface area contributed by atoms with Crippen molar-refractivity contribution in [2.75, 3.05) is 20.2 Å². The molecule has 1 aliphatic heterocycles. The molecule has 1 amide bonds. The molecule has 0 saturated carbocycles. The molecule has 0 bridgehead atoms. The van der Waals surface area contributed by atoms with Crippen molar-refractivity contribution < 1.29 is 19.1 Å². The van der Waals surface area contributed by atoms with E-state index in [-0.39, 0.29) is 5.92 Å². The van der Waals surface area contributed by atoms with Crippen molar-refractivity contribution in [3.63, 3.8) is 0 Å². The molecule has 0 aromatic heterocycles. The van der Waals surface area contributed by atoms with Crippen LogP contribution in [0.3, 0.4) is 0 Å². The lowest BCUT2D eigenvalue weighted by atomic mass is 10.1. The zero-order valence-electron chi connectivity index (χ0n) is 11.4. The fraction of sp³-hybridized carbons (Fsp3) is 0.833. The number of rotatable bonds is 2. The van der Waals surface area contributed by atoms with Gasteiger partial charge in [0.05, 0.1) is 7.11 Å². The fourth-order valence-electron chi connectivity index (χ4n) is 1.98. The number of methoxy groups -OCH3 is 1. The van der Waals surface area contributed by atoms with Gasteiger partial charge in [-0.25, -0.2) is 9.59 Å². The van der Waals surface area contributed by atoms with Gasteiger partial charge in [-0.3, -0.25) is 4.90 Å². The highest BCUT2D eigenvalue weighted by atomic mass is 16.6. The first-order valence-corrected chi connectivity index (χ1v) is 6.06. The number of ether oxygens (including phenoxy) is 2. The van der Waals surface area contributed by atoms with Gasteiger partial charge in [-0.1, -0.05) is 0 Å². The van der Waals surface area contributed by atoms with Gasteiger partial charge in [-0.15, -0.1) is 0 Å². The zero-order chi connectivity index (χ0) is 13.9. The third-order valence-electron chi connectivity index (χ3n) is 2.82. The van der Waals surface area contributed by atoms with E-state index in [4.69, 9.17) is 15.2 Å². The van der Waals surface area contributed by atoms with Crippen LogP contribution in [0.1, 0.15) is 27.2 Å². The van der Waals surface area contributed by atoms with Gasteiger partial charge in [0.25, 0.3) is 0 Å². The summed E-state index contributed by atoms with van der Waals surface area (Å²) in [4.78, 5) is 25.1. The van der Waals surface area contributed by atoms with Crippen molar-refractivity contribution in [2.24, 2.45) is 11.7 Å². The third-order valence-corrected chi connectivity index (χ3v) is 2.82. The van der Waals surface area contributed by atoms with Crippen molar-refractivity contribution in [3.8, 4) is 0 Å². The van der Waals surface area contributed by atoms with Crippen molar-refractivity contribution in [3.05, 3.63) is 0 Å². The molecule has 1 heterocycles. The first-order valence-electron chi connectivity index (χ1n) is 6.06. The maximum absolute atomic E-state index is 12.0. The monoisotopic (exact) mass is 258 g/mol. The average molecular weight is 258 g/mol. The average Bonchev–Trinajstić information content (AvgIpc) is 2.69. The molecular weight excluding hydrogens is 236 g/mol. The quantitative estimate of drug-likeness (QED) is 0.739. The van der Waals surface area contributed by atoms with Gasteiger partial charge in [-0.05, 0) is 39.7 Å². The fourth-order valence-corrected chi connectivity index (χ4v) is 1.98. The number of nitrogens with zero attached hydrogens (tertiary/aromatic N) is 1. The zero-order valence-corrected chi connectivity index (χ0v) is 11.4. The van der Waals surface area contributed by atoms with Crippen LogP contribution in [-0.2, 0) is 14.3 Å². The molecule has 104 valence electrons. The Kier molecular flexibility index (Phi) is 4.56. The normalized spacial score (nSPS) is 23.9. The van der Waals surface area contributed by atoms with Crippen LogP contribution in [0.2, 0.25) is 0 Å². The first-order chi connectivity index (χ1) is 8.28. The Hall–Kier alpha value is -1.30. The lowest BCUT2D eigenvalue weighted by Gasteiger charge is -2.27. The van der Waals surface area contributed by atoms with E-state index >= 15 is 0 Å². The van der Waals surface area contributed by atoms with E-state index in [1.165, 1.54) is 12.0 Å². The number of amides is 1. The van der Waals surface area contributed by atoms with E-state index in [2.05, 4.69) is 0 Å². The predicted molar refractivity (Wildman–Crippen MR) is 65.9 cm³/mol. The number of nitrogens with two attached hydrogens (primary N) is 1. The summed E-state index contributed by atoms with van der Waals surface area (Å²) in [6.07, 6.45) is 0.0384. The summed E-state index contributed by atoms with van der Waals surface area (Å²) in [6.45, 7) is 6.23. The largest absolute Gasteiger partial charge is 0.467 e. The van der Waals surface area contributed by atoms with Crippen LogP contribution in [0.15, 0.2) is 0 Å². The number of hydrogen-bond donors (Lipinski definition) is 1. The summed E-state index contributed by atoms with van der Waals surface area (Å²) in [5, 5.41) is 0. The van der Waals surface area contributed by atoms with E-state index in [0.29, 0.717) is 19.5 Å². The summed E-state index contributed by atoms with van der Waals surface area (Å²) < 4.78 is 9.99. The highest BCUT2D eigenvalue weighted by Crippen LogP contribution is 2.25. The molecule has 0 aromatic carbocycles. The van der Waals surface area contributed by atoms with Crippen LogP contribution in [0.5, 0.6) is 0 Å². The molecule has 1 rings (SSSR count). The van der Waals surface area contributed by atoms with Gasteiger partial charge >= 0.3 is 12.1 Å². The minimum Gasteiger partial charge on any atom is -0.467 e. The van der Waals surface area contributed by atoms with Gasteiger partial charge in [0, 0.05) is 6.54 Å². The molecule has 0 radical (unpaired) electrons. The van der Waals surface area contributed by atoms with Crippen molar-refractivity contribution in [1.82, 2.24) is 4.90 Å². The molecule has 1 saturated heterocycles. The molecule has 6 nitrogen and oxygen atoms in total. The molecule has 2 N–H and O–H groups in total. The number of esters is 1. The van der Waals surface area contributed by atoms with E-state index in [0.717, 1.165) is 0 Å². The Labute approximate surface area is 107 Å². The smallest absolute Gasteiger partial charge is 0.411 e. The topological polar surface area (TPSA) is 81.9 Å². The van der Waals surface area contributed by atoms with E-state index < -0.39 is 23.7 Å². The van der Waals surface area contributed by atoms with Crippen molar-refractivity contribution >= 4 is 12.1 Å². The maximum Gasteiger partial charge on any atom is 0.411 e. The van der Waals surface area contributed by atoms with Crippen LogP contribution in [0, 0.1) is 5.92 Å². The molecule has 18 heavy (non-hydrogen) atoms. The van der Waals surface area contributed by atoms with Crippen LogP contribution >= 0.6 is 0 Å². The minimum absolute atomic E-state index is 0.113. The van der Waals surface area contributed by atoms with Crippen molar-refractivity contribution in [2.45, 2.75) is 38.8 Å². The van der Waals surface area contributed by atoms with Gasteiger partial charge < -0.3 is 15.2 Å². The number of carbonyl (C=O) groups excluding carboxylic acids is 2. The molecule has 0 aromatic rings. The Morgan fingerprint density at radius 2 is 2.00 bits per heavy atom. The molecule has 1 aliphatic rings. The second kappa shape index (κ2) is 5.56. The van der Waals surface area contributed by atoms with Crippen molar-refractivity contribution in [1.29, 1.82) is 0 Å². The molecule has 1 fully saturated rings.